The molecule has 0 radical (unpaired) electrons. The molecule has 0 fully saturated rings. The van der Waals surface area contributed by atoms with E-state index in [0.29, 0.717) is 16.8 Å². The first kappa shape index (κ1) is 17.0. The Morgan fingerprint density at radius 2 is 1.30 bits per heavy atom. The van der Waals surface area contributed by atoms with Gasteiger partial charge in [0.25, 0.3) is 0 Å². The minimum absolute atomic E-state index is 0.149. The molecule has 0 amide bonds. The van der Waals surface area contributed by atoms with Crippen molar-refractivity contribution in [2.24, 2.45) is 0 Å². The van der Waals surface area contributed by atoms with Crippen LogP contribution in [-0.4, -0.2) is 11.6 Å². The van der Waals surface area contributed by atoms with Gasteiger partial charge in [-0.05, 0) is 48.2 Å². The maximum absolute atomic E-state index is 12.8. The summed E-state index contributed by atoms with van der Waals surface area (Å²) in [4.78, 5) is 25.2. The van der Waals surface area contributed by atoms with Crippen LogP contribution in [0.25, 0.3) is 11.1 Å². The Kier molecular flexibility index (Phi) is 4.21. The summed E-state index contributed by atoms with van der Waals surface area (Å²) in [6.07, 6.45) is 1.40. The van der Waals surface area contributed by atoms with E-state index in [1.54, 1.807) is 24.3 Å². The Hall–Kier alpha value is -3.46. The van der Waals surface area contributed by atoms with Crippen molar-refractivity contribution in [1.82, 2.24) is 0 Å². The molecule has 0 heterocycles. The third-order valence-corrected chi connectivity index (χ3v) is 4.86. The highest BCUT2D eigenvalue weighted by molar-refractivity contribution is 6.25. The highest BCUT2D eigenvalue weighted by Crippen LogP contribution is 2.31. The van der Waals surface area contributed by atoms with E-state index < -0.39 is 0 Å². The molecule has 3 aromatic carbocycles. The molecule has 27 heavy (non-hydrogen) atoms. The topological polar surface area (TPSA) is 46.2 Å². The first-order valence-electron chi connectivity index (χ1n) is 8.88. The highest BCUT2D eigenvalue weighted by Gasteiger charge is 2.25. The number of rotatable bonds is 3. The van der Waals surface area contributed by atoms with Crippen molar-refractivity contribution in [2.45, 2.75) is 13.8 Å². The zero-order valence-electron chi connectivity index (χ0n) is 15.2. The second kappa shape index (κ2) is 6.69. The molecule has 1 aliphatic carbocycles. The van der Waals surface area contributed by atoms with Crippen LogP contribution in [0.4, 0.5) is 5.69 Å². The van der Waals surface area contributed by atoms with Crippen molar-refractivity contribution in [3.8, 4) is 11.1 Å². The van der Waals surface area contributed by atoms with Crippen LogP contribution in [0, 0.1) is 13.8 Å². The van der Waals surface area contributed by atoms with Gasteiger partial charge in [0.2, 0.25) is 5.78 Å². The number of nitrogens with one attached hydrogen (secondary N) is 1. The van der Waals surface area contributed by atoms with E-state index >= 15 is 0 Å². The average molecular weight is 353 g/mol. The molecule has 0 unspecified atom stereocenters. The number of ketones is 2. The molecule has 0 aliphatic heterocycles. The Balaban J connectivity index is 1.70. The fourth-order valence-corrected chi connectivity index (χ4v) is 3.50. The van der Waals surface area contributed by atoms with Gasteiger partial charge >= 0.3 is 0 Å². The molecule has 0 spiro atoms. The van der Waals surface area contributed by atoms with Gasteiger partial charge in [-0.25, -0.2) is 0 Å². The number of benzene rings is 3. The van der Waals surface area contributed by atoms with Gasteiger partial charge < -0.3 is 5.32 Å². The van der Waals surface area contributed by atoms with E-state index in [9.17, 15) is 9.59 Å². The summed E-state index contributed by atoms with van der Waals surface area (Å²) in [6.45, 7) is 4.01. The summed E-state index contributed by atoms with van der Waals surface area (Å²) in [5.74, 6) is -0.306. The van der Waals surface area contributed by atoms with Gasteiger partial charge in [-0.15, -0.1) is 0 Å². The molecule has 0 saturated carbocycles. The van der Waals surface area contributed by atoms with Crippen LogP contribution in [0.15, 0.2) is 78.5 Å². The van der Waals surface area contributed by atoms with Crippen LogP contribution in [0.2, 0.25) is 0 Å². The first-order valence-corrected chi connectivity index (χ1v) is 8.88. The van der Waals surface area contributed by atoms with Crippen molar-refractivity contribution in [3.05, 3.63) is 101 Å². The number of carbonyl (C=O) groups excluding carboxylic acids is 2. The Morgan fingerprint density at radius 1 is 0.704 bits per heavy atom. The number of anilines is 1. The van der Waals surface area contributed by atoms with Crippen molar-refractivity contribution in [2.75, 3.05) is 5.32 Å². The SMILES string of the molecule is Cc1cc(-c2ccccc2)cc(C)c1NC1=CC(=O)c2ccccc2C1=O. The molecule has 1 aliphatic rings. The molecule has 0 saturated heterocycles. The molecule has 3 heteroatoms. The predicted molar refractivity (Wildman–Crippen MR) is 108 cm³/mol. The number of fused-ring (bicyclic) bond motifs is 1. The zero-order chi connectivity index (χ0) is 19.0. The average Bonchev–Trinajstić information content (AvgIpc) is 2.69. The van der Waals surface area contributed by atoms with E-state index in [0.717, 1.165) is 27.9 Å². The number of allylic oxidation sites excluding steroid dienone is 2. The smallest absolute Gasteiger partial charge is 0.210 e. The van der Waals surface area contributed by atoms with Gasteiger partial charge in [0, 0.05) is 22.9 Å². The fourth-order valence-electron chi connectivity index (χ4n) is 3.50. The number of aryl methyl sites for hydroxylation is 2. The quantitative estimate of drug-likeness (QED) is 0.691. The lowest BCUT2D eigenvalue weighted by atomic mass is 9.92. The summed E-state index contributed by atoms with van der Waals surface area (Å²) < 4.78 is 0. The molecule has 3 nitrogen and oxygen atoms in total. The molecular formula is C24H19NO2. The van der Waals surface area contributed by atoms with Crippen LogP contribution in [0.3, 0.4) is 0 Å². The minimum Gasteiger partial charge on any atom is -0.352 e. The van der Waals surface area contributed by atoms with E-state index in [2.05, 4.69) is 29.6 Å². The Bertz CT molecular complexity index is 1070. The lowest BCUT2D eigenvalue weighted by Gasteiger charge is -2.20. The number of Topliss-reactive ketones (excluding diaryl/α,β-unsaturated/α-hetero) is 1. The first-order chi connectivity index (χ1) is 13.0. The van der Waals surface area contributed by atoms with Gasteiger partial charge in [-0.3, -0.25) is 9.59 Å². The second-order valence-electron chi connectivity index (χ2n) is 6.77. The molecule has 3 aromatic rings. The van der Waals surface area contributed by atoms with E-state index in [-0.39, 0.29) is 11.6 Å². The molecule has 0 aromatic heterocycles. The van der Waals surface area contributed by atoms with Gasteiger partial charge in [0.05, 0.1) is 5.70 Å². The minimum atomic E-state index is -0.156. The lowest BCUT2D eigenvalue weighted by molar-refractivity contribution is 0.0985. The summed E-state index contributed by atoms with van der Waals surface area (Å²) in [5.41, 5.74) is 6.40. The number of carbonyl (C=O) groups is 2. The second-order valence-corrected chi connectivity index (χ2v) is 6.77. The van der Waals surface area contributed by atoms with Gasteiger partial charge in [0.1, 0.15) is 0 Å². The van der Waals surface area contributed by atoms with E-state index in [1.165, 1.54) is 6.08 Å². The van der Waals surface area contributed by atoms with Crippen LogP contribution >= 0.6 is 0 Å². The van der Waals surface area contributed by atoms with Crippen molar-refractivity contribution >= 4 is 17.3 Å². The van der Waals surface area contributed by atoms with Crippen molar-refractivity contribution < 1.29 is 9.59 Å². The fraction of sp³-hybridized carbons (Fsp3) is 0.0833. The lowest BCUT2D eigenvalue weighted by Crippen LogP contribution is -2.22. The Morgan fingerprint density at radius 3 is 1.96 bits per heavy atom. The van der Waals surface area contributed by atoms with Crippen molar-refractivity contribution in [1.29, 1.82) is 0 Å². The summed E-state index contributed by atoms with van der Waals surface area (Å²) in [6, 6.07) is 21.3. The zero-order valence-corrected chi connectivity index (χ0v) is 15.2. The number of hydrogen-bond acceptors (Lipinski definition) is 3. The molecule has 1 N–H and O–H groups in total. The maximum atomic E-state index is 12.8. The van der Waals surface area contributed by atoms with Crippen LogP contribution in [0.1, 0.15) is 31.8 Å². The van der Waals surface area contributed by atoms with Crippen LogP contribution in [-0.2, 0) is 0 Å². The van der Waals surface area contributed by atoms with E-state index in [4.69, 9.17) is 0 Å². The molecular weight excluding hydrogens is 334 g/mol. The summed E-state index contributed by atoms with van der Waals surface area (Å²) in [7, 11) is 0. The summed E-state index contributed by atoms with van der Waals surface area (Å²) >= 11 is 0. The normalized spacial score (nSPS) is 13.2. The third kappa shape index (κ3) is 3.08. The van der Waals surface area contributed by atoms with Gasteiger partial charge in [0.15, 0.2) is 5.78 Å². The van der Waals surface area contributed by atoms with Crippen LogP contribution < -0.4 is 5.32 Å². The van der Waals surface area contributed by atoms with Crippen LogP contribution in [0.5, 0.6) is 0 Å². The predicted octanol–water partition coefficient (Wildman–Crippen LogP) is 5.35. The van der Waals surface area contributed by atoms with Gasteiger partial charge in [-0.2, -0.15) is 0 Å². The molecule has 0 bridgehead atoms. The standard InChI is InChI=1S/C24H19NO2/c1-15-12-18(17-8-4-3-5-9-17)13-16(2)23(15)25-21-14-22(26)19-10-6-7-11-20(19)24(21)27/h3-14,25H,1-2H3. The summed E-state index contributed by atoms with van der Waals surface area (Å²) in [5, 5.41) is 3.21. The largest absolute Gasteiger partial charge is 0.352 e. The monoisotopic (exact) mass is 353 g/mol. The third-order valence-electron chi connectivity index (χ3n) is 4.86. The molecule has 0 atom stereocenters. The highest BCUT2D eigenvalue weighted by atomic mass is 16.1. The number of hydrogen-bond donors (Lipinski definition) is 1. The van der Waals surface area contributed by atoms with E-state index in [1.807, 2.05) is 32.0 Å². The van der Waals surface area contributed by atoms with Gasteiger partial charge in [-0.1, -0.05) is 54.6 Å². The Labute approximate surface area is 158 Å². The maximum Gasteiger partial charge on any atom is 0.210 e. The molecule has 4 rings (SSSR count). The van der Waals surface area contributed by atoms with Crippen molar-refractivity contribution in [3.63, 3.8) is 0 Å². The molecule has 132 valence electrons.